The SMILES string of the molecule is Cc1ccc(F)c(NC(=O)c2ccc(=O)n(CCOc3ccccc3)n2)c1. The predicted molar refractivity (Wildman–Crippen MR) is 99.5 cm³/mol. The Morgan fingerprint density at radius 1 is 1.15 bits per heavy atom. The number of nitrogens with zero attached hydrogens (tertiary/aromatic N) is 2. The van der Waals surface area contributed by atoms with Crippen molar-refractivity contribution in [2.45, 2.75) is 13.5 Å². The molecule has 1 heterocycles. The Labute approximate surface area is 155 Å². The Kier molecular flexibility index (Phi) is 5.61. The number of carbonyl (C=O) groups excluding carboxylic acids is 1. The average Bonchev–Trinajstić information content (AvgIpc) is 2.67. The van der Waals surface area contributed by atoms with E-state index in [1.54, 1.807) is 25.1 Å². The zero-order valence-corrected chi connectivity index (χ0v) is 14.7. The number of aromatic nitrogens is 2. The van der Waals surface area contributed by atoms with Crippen LogP contribution in [-0.4, -0.2) is 22.3 Å². The number of benzene rings is 2. The Morgan fingerprint density at radius 2 is 1.93 bits per heavy atom. The summed E-state index contributed by atoms with van der Waals surface area (Å²) in [6, 6.07) is 16.1. The number of nitrogens with one attached hydrogen (secondary N) is 1. The van der Waals surface area contributed by atoms with Crippen molar-refractivity contribution < 1.29 is 13.9 Å². The minimum atomic E-state index is -0.600. The van der Waals surface area contributed by atoms with Gasteiger partial charge in [-0.25, -0.2) is 9.07 Å². The molecule has 7 heteroatoms. The minimum Gasteiger partial charge on any atom is -0.492 e. The van der Waals surface area contributed by atoms with Gasteiger partial charge in [-0.05, 0) is 42.8 Å². The number of hydrogen-bond donors (Lipinski definition) is 1. The third-order valence-corrected chi connectivity index (χ3v) is 3.78. The molecular weight excluding hydrogens is 349 g/mol. The van der Waals surface area contributed by atoms with Gasteiger partial charge in [-0.3, -0.25) is 9.59 Å². The summed E-state index contributed by atoms with van der Waals surface area (Å²) in [7, 11) is 0. The largest absolute Gasteiger partial charge is 0.492 e. The first-order valence-corrected chi connectivity index (χ1v) is 8.36. The molecule has 0 aliphatic carbocycles. The molecule has 3 rings (SSSR count). The summed E-state index contributed by atoms with van der Waals surface area (Å²) in [6.45, 7) is 2.18. The Bertz CT molecular complexity index is 1000. The smallest absolute Gasteiger partial charge is 0.276 e. The molecule has 0 aliphatic rings. The van der Waals surface area contributed by atoms with E-state index in [2.05, 4.69) is 10.4 Å². The minimum absolute atomic E-state index is 0.00946. The molecular formula is C20H18FN3O3. The fourth-order valence-electron chi connectivity index (χ4n) is 2.42. The Balaban J connectivity index is 1.69. The van der Waals surface area contributed by atoms with Crippen LogP contribution in [0.3, 0.4) is 0 Å². The quantitative estimate of drug-likeness (QED) is 0.727. The van der Waals surface area contributed by atoms with E-state index in [1.807, 2.05) is 18.2 Å². The van der Waals surface area contributed by atoms with E-state index >= 15 is 0 Å². The van der Waals surface area contributed by atoms with Crippen molar-refractivity contribution in [1.29, 1.82) is 0 Å². The molecule has 6 nitrogen and oxygen atoms in total. The first-order valence-electron chi connectivity index (χ1n) is 8.36. The predicted octanol–water partition coefficient (Wildman–Crippen LogP) is 3.02. The molecule has 27 heavy (non-hydrogen) atoms. The lowest BCUT2D eigenvalue weighted by Crippen LogP contribution is -2.28. The van der Waals surface area contributed by atoms with Gasteiger partial charge in [-0.15, -0.1) is 0 Å². The molecule has 0 saturated heterocycles. The van der Waals surface area contributed by atoms with Crippen LogP contribution in [0.2, 0.25) is 0 Å². The summed E-state index contributed by atoms with van der Waals surface area (Å²) in [5.41, 5.74) is 0.523. The molecule has 3 aromatic rings. The average molecular weight is 367 g/mol. The number of anilines is 1. The van der Waals surface area contributed by atoms with Gasteiger partial charge in [0.15, 0.2) is 0 Å². The maximum atomic E-state index is 13.8. The van der Waals surface area contributed by atoms with E-state index in [0.29, 0.717) is 5.75 Å². The van der Waals surface area contributed by atoms with Crippen LogP contribution in [0, 0.1) is 12.7 Å². The van der Waals surface area contributed by atoms with Crippen LogP contribution in [-0.2, 0) is 6.54 Å². The van der Waals surface area contributed by atoms with Gasteiger partial charge >= 0.3 is 0 Å². The second kappa shape index (κ2) is 8.27. The van der Waals surface area contributed by atoms with Crippen LogP contribution in [0.1, 0.15) is 16.1 Å². The van der Waals surface area contributed by atoms with Gasteiger partial charge in [0.1, 0.15) is 23.9 Å². The molecule has 0 fully saturated rings. The number of hydrogen-bond acceptors (Lipinski definition) is 4. The van der Waals surface area contributed by atoms with Crippen LogP contribution in [0.5, 0.6) is 5.75 Å². The van der Waals surface area contributed by atoms with Gasteiger partial charge in [-0.2, -0.15) is 5.10 Å². The summed E-state index contributed by atoms with van der Waals surface area (Å²) in [5.74, 6) is -0.467. The molecule has 1 amide bonds. The number of ether oxygens (including phenoxy) is 1. The van der Waals surface area contributed by atoms with Crippen molar-refractivity contribution in [3.63, 3.8) is 0 Å². The summed E-state index contributed by atoms with van der Waals surface area (Å²) in [6.07, 6.45) is 0. The normalized spacial score (nSPS) is 10.4. The van der Waals surface area contributed by atoms with E-state index in [-0.39, 0.29) is 30.1 Å². The number of amides is 1. The molecule has 0 spiro atoms. The van der Waals surface area contributed by atoms with Gasteiger partial charge < -0.3 is 10.1 Å². The number of carbonyl (C=O) groups is 1. The van der Waals surface area contributed by atoms with Crippen LogP contribution in [0.4, 0.5) is 10.1 Å². The molecule has 0 atom stereocenters. The van der Waals surface area contributed by atoms with Gasteiger partial charge in [0, 0.05) is 6.07 Å². The second-order valence-electron chi connectivity index (χ2n) is 5.88. The summed E-state index contributed by atoms with van der Waals surface area (Å²) in [4.78, 5) is 24.3. The maximum Gasteiger partial charge on any atom is 0.276 e. The summed E-state index contributed by atoms with van der Waals surface area (Å²) >= 11 is 0. The van der Waals surface area contributed by atoms with Gasteiger partial charge in [-0.1, -0.05) is 24.3 Å². The second-order valence-corrected chi connectivity index (χ2v) is 5.88. The van der Waals surface area contributed by atoms with Crippen molar-refractivity contribution >= 4 is 11.6 Å². The van der Waals surface area contributed by atoms with Crippen LogP contribution in [0.25, 0.3) is 0 Å². The van der Waals surface area contributed by atoms with Gasteiger partial charge in [0.25, 0.3) is 11.5 Å². The zero-order chi connectivity index (χ0) is 19.2. The fourth-order valence-corrected chi connectivity index (χ4v) is 2.42. The summed E-state index contributed by atoms with van der Waals surface area (Å²) in [5, 5.41) is 6.51. The topological polar surface area (TPSA) is 73.2 Å². The molecule has 0 aliphatic heterocycles. The van der Waals surface area contributed by atoms with Crippen molar-refractivity contribution in [2.24, 2.45) is 0 Å². The molecule has 0 unspecified atom stereocenters. The molecule has 2 aromatic carbocycles. The number of aryl methyl sites for hydroxylation is 1. The fraction of sp³-hybridized carbons (Fsp3) is 0.150. The zero-order valence-electron chi connectivity index (χ0n) is 14.7. The first kappa shape index (κ1) is 18.3. The van der Waals surface area contributed by atoms with Gasteiger partial charge in [0.05, 0.1) is 12.2 Å². The monoisotopic (exact) mass is 367 g/mol. The standard InChI is InChI=1S/C20H18FN3O3/c1-14-7-8-16(21)18(13-14)22-20(26)17-9-10-19(25)24(23-17)11-12-27-15-5-3-2-4-6-15/h2-10,13H,11-12H2,1H3,(H,22,26). The maximum absolute atomic E-state index is 13.8. The van der Waals surface area contributed by atoms with Crippen molar-refractivity contribution in [1.82, 2.24) is 9.78 Å². The van der Waals surface area contributed by atoms with Crippen molar-refractivity contribution in [3.05, 3.63) is 88.1 Å². The first-order chi connectivity index (χ1) is 13.0. The molecule has 138 valence electrons. The highest BCUT2D eigenvalue weighted by Gasteiger charge is 2.12. The highest BCUT2D eigenvalue weighted by atomic mass is 19.1. The number of halogens is 1. The third-order valence-electron chi connectivity index (χ3n) is 3.78. The highest BCUT2D eigenvalue weighted by molar-refractivity contribution is 6.02. The van der Waals surface area contributed by atoms with Crippen molar-refractivity contribution in [3.8, 4) is 5.75 Å². The van der Waals surface area contributed by atoms with Crippen LogP contribution >= 0.6 is 0 Å². The number of rotatable bonds is 6. The van der Waals surface area contributed by atoms with E-state index < -0.39 is 11.7 Å². The molecule has 1 N–H and O–H groups in total. The van der Waals surface area contributed by atoms with Crippen LogP contribution in [0.15, 0.2) is 65.5 Å². The molecule has 1 aromatic heterocycles. The lowest BCUT2D eigenvalue weighted by molar-refractivity contribution is 0.101. The summed E-state index contributed by atoms with van der Waals surface area (Å²) < 4.78 is 20.5. The lowest BCUT2D eigenvalue weighted by Gasteiger charge is -2.10. The van der Waals surface area contributed by atoms with E-state index in [4.69, 9.17) is 4.74 Å². The van der Waals surface area contributed by atoms with E-state index in [0.717, 1.165) is 10.2 Å². The van der Waals surface area contributed by atoms with Crippen LogP contribution < -0.4 is 15.6 Å². The Morgan fingerprint density at radius 3 is 2.70 bits per heavy atom. The molecule has 0 radical (unpaired) electrons. The van der Waals surface area contributed by atoms with Crippen molar-refractivity contribution in [2.75, 3.05) is 11.9 Å². The van der Waals surface area contributed by atoms with E-state index in [9.17, 15) is 14.0 Å². The molecule has 0 saturated carbocycles. The Hall–Kier alpha value is -3.48. The molecule has 0 bridgehead atoms. The van der Waals surface area contributed by atoms with E-state index in [1.165, 1.54) is 24.3 Å². The highest BCUT2D eigenvalue weighted by Crippen LogP contribution is 2.16. The lowest BCUT2D eigenvalue weighted by atomic mass is 10.2. The third kappa shape index (κ3) is 4.78. The van der Waals surface area contributed by atoms with Gasteiger partial charge in [0.2, 0.25) is 0 Å². The number of para-hydroxylation sites is 1.